The number of non-ortho nitro benzene ring substituents is 1. The molecular weight excluding hydrogens is 274 g/mol. The molecule has 3 aromatic rings. The minimum atomic E-state index is -0.673. The summed E-state index contributed by atoms with van der Waals surface area (Å²) >= 11 is 0. The molecule has 1 aromatic heterocycles. The summed E-state index contributed by atoms with van der Waals surface area (Å²) in [6, 6.07) is 12.7. The van der Waals surface area contributed by atoms with Gasteiger partial charge >= 0.3 is 5.97 Å². The fraction of sp³-hybridized carbons (Fsp3) is 0. The van der Waals surface area contributed by atoms with Gasteiger partial charge in [0.25, 0.3) is 5.69 Å². The lowest BCUT2D eigenvalue weighted by atomic mass is 10.2. The van der Waals surface area contributed by atoms with Gasteiger partial charge in [-0.25, -0.2) is 4.79 Å². The van der Waals surface area contributed by atoms with Crippen LogP contribution >= 0.6 is 0 Å². The Bertz CT molecular complexity index is 827. The van der Waals surface area contributed by atoms with E-state index in [4.69, 9.17) is 4.74 Å². The van der Waals surface area contributed by atoms with Crippen LogP contribution in [-0.2, 0) is 0 Å². The smallest absolute Gasteiger partial charge is 0.364 e. The third-order valence-electron chi connectivity index (χ3n) is 2.90. The maximum absolute atomic E-state index is 12.1. The number of benzene rings is 2. The molecule has 0 fully saturated rings. The molecule has 0 aliphatic heterocycles. The van der Waals surface area contributed by atoms with Crippen LogP contribution < -0.4 is 4.74 Å². The Balaban J connectivity index is 1.98. The van der Waals surface area contributed by atoms with E-state index in [9.17, 15) is 14.9 Å². The van der Waals surface area contributed by atoms with Crippen molar-refractivity contribution in [2.24, 2.45) is 0 Å². The van der Waals surface area contributed by atoms with Crippen LogP contribution in [0, 0.1) is 10.1 Å². The Labute approximate surface area is 118 Å². The molecule has 0 aliphatic carbocycles. The third kappa shape index (κ3) is 2.44. The predicted octanol–water partition coefficient (Wildman–Crippen LogP) is 2.69. The molecule has 21 heavy (non-hydrogen) atoms. The number of nitrogens with zero attached hydrogens (tertiary/aromatic N) is 2. The number of nitrogens with one attached hydrogen (secondary N) is 1. The molecule has 7 nitrogen and oxygen atoms in total. The summed E-state index contributed by atoms with van der Waals surface area (Å²) in [6.45, 7) is 0. The number of carbonyl (C=O) groups excluding carboxylic acids is 1. The van der Waals surface area contributed by atoms with Gasteiger partial charge in [0.05, 0.1) is 10.4 Å². The van der Waals surface area contributed by atoms with E-state index in [1.54, 1.807) is 30.3 Å². The highest BCUT2D eigenvalue weighted by molar-refractivity contribution is 6.03. The SMILES string of the molecule is O=C(Oc1ccccc1)c1n[nH]c2ccc([N+](=O)[O-])cc12. The van der Waals surface area contributed by atoms with Crippen LogP contribution in [0.4, 0.5) is 5.69 Å². The number of para-hydroxylation sites is 1. The van der Waals surface area contributed by atoms with Gasteiger partial charge in [-0.15, -0.1) is 0 Å². The Morgan fingerprint density at radius 3 is 2.67 bits per heavy atom. The van der Waals surface area contributed by atoms with E-state index >= 15 is 0 Å². The molecule has 0 saturated carbocycles. The molecule has 0 radical (unpaired) electrons. The van der Waals surface area contributed by atoms with Crippen LogP contribution in [0.15, 0.2) is 48.5 Å². The molecule has 1 N–H and O–H groups in total. The molecule has 1 heterocycles. The Kier molecular flexibility index (Phi) is 3.07. The topological polar surface area (TPSA) is 98.1 Å². The number of ether oxygens (including phenoxy) is 1. The molecule has 7 heteroatoms. The average molecular weight is 283 g/mol. The zero-order valence-corrected chi connectivity index (χ0v) is 10.6. The number of hydrogen-bond donors (Lipinski definition) is 1. The average Bonchev–Trinajstić information content (AvgIpc) is 2.91. The number of esters is 1. The molecule has 0 bridgehead atoms. The molecule has 0 amide bonds. The minimum Gasteiger partial charge on any atom is -0.422 e. The first kappa shape index (κ1) is 12.8. The molecule has 2 aromatic carbocycles. The fourth-order valence-electron chi connectivity index (χ4n) is 1.92. The second kappa shape index (κ2) is 5.04. The lowest BCUT2D eigenvalue weighted by Crippen LogP contribution is -2.09. The first-order chi connectivity index (χ1) is 10.1. The third-order valence-corrected chi connectivity index (χ3v) is 2.90. The number of rotatable bonds is 3. The normalized spacial score (nSPS) is 10.5. The lowest BCUT2D eigenvalue weighted by molar-refractivity contribution is -0.384. The predicted molar refractivity (Wildman–Crippen MR) is 74.1 cm³/mol. The number of fused-ring (bicyclic) bond motifs is 1. The van der Waals surface area contributed by atoms with Gasteiger partial charge in [-0.1, -0.05) is 18.2 Å². The van der Waals surface area contributed by atoms with Crippen molar-refractivity contribution in [3.63, 3.8) is 0 Å². The number of aromatic amines is 1. The van der Waals surface area contributed by atoms with Gasteiger partial charge in [0.15, 0.2) is 5.69 Å². The first-order valence-corrected chi connectivity index (χ1v) is 6.05. The Morgan fingerprint density at radius 2 is 1.95 bits per heavy atom. The van der Waals surface area contributed by atoms with Crippen molar-refractivity contribution in [2.45, 2.75) is 0 Å². The van der Waals surface area contributed by atoms with Gasteiger partial charge in [-0.05, 0) is 18.2 Å². The Hall–Kier alpha value is -3.22. The largest absolute Gasteiger partial charge is 0.422 e. The number of aromatic nitrogens is 2. The molecule has 0 unspecified atom stereocenters. The number of carbonyl (C=O) groups is 1. The van der Waals surface area contributed by atoms with Crippen molar-refractivity contribution >= 4 is 22.6 Å². The van der Waals surface area contributed by atoms with E-state index in [-0.39, 0.29) is 11.4 Å². The molecule has 0 atom stereocenters. The van der Waals surface area contributed by atoms with Crippen molar-refractivity contribution in [3.8, 4) is 5.75 Å². The van der Waals surface area contributed by atoms with Crippen LogP contribution in [0.1, 0.15) is 10.5 Å². The molecule has 0 spiro atoms. The van der Waals surface area contributed by atoms with Gasteiger partial charge in [0, 0.05) is 17.5 Å². The van der Waals surface area contributed by atoms with Gasteiger partial charge in [-0.2, -0.15) is 5.10 Å². The minimum absolute atomic E-state index is 0.0116. The van der Waals surface area contributed by atoms with E-state index in [2.05, 4.69) is 10.2 Å². The molecular formula is C14H9N3O4. The van der Waals surface area contributed by atoms with Crippen LogP contribution in [0.25, 0.3) is 10.9 Å². The quantitative estimate of drug-likeness (QED) is 0.345. The zero-order valence-electron chi connectivity index (χ0n) is 10.6. The van der Waals surface area contributed by atoms with E-state index in [1.165, 1.54) is 18.2 Å². The van der Waals surface area contributed by atoms with Crippen LogP contribution in [0.5, 0.6) is 5.75 Å². The summed E-state index contributed by atoms with van der Waals surface area (Å²) in [5, 5.41) is 17.7. The highest BCUT2D eigenvalue weighted by Crippen LogP contribution is 2.23. The summed E-state index contributed by atoms with van der Waals surface area (Å²) < 4.78 is 5.18. The second-order valence-electron chi connectivity index (χ2n) is 4.26. The van der Waals surface area contributed by atoms with E-state index in [1.807, 2.05) is 0 Å². The van der Waals surface area contributed by atoms with E-state index < -0.39 is 10.9 Å². The zero-order chi connectivity index (χ0) is 14.8. The van der Waals surface area contributed by atoms with Crippen LogP contribution in [-0.4, -0.2) is 21.1 Å². The maximum Gasteiger partial charge on any atom is 0.364 e. The summed E-state index contributed by atoms with van der Waals surface area (Å²) in [5.74, 6) is -0.294. The fourth-order valence-corrected chi connectivity index (χ4v) is 1.92. The monoisotopic (exact) mass is 283 g/mol. The highest BCUT2D eigenvalue weighted by atomic mass is 16.6. The van der Waals surface area contributed by atoms with Crippen molar-refractivity contribution in [2.75, 3.05) is 0 Å². The van der Waals surface area contributed by atoms with Gasteiger partial charge in [0.1, 0.15) is 5.75 Å². The standard InChI is InChI=1S/C14H9N3O4/c18-14(21-10-4-2-1-3-5-10)13-11-8-9(17(19)20)6-7-12(11)15-16-13/h1-8H,(H,15,16). The summed E-state index contributed by atoms with van der Waals surface area (Å²) in [7, 11) is 0. The van der Waals surface area contributed by atoms with E-state index in [0.29, 0.717) is 16.7 Å². The highest BCUT2D eigenvalue weighted by Gasteiger charge is 2.18. The molecule has 104 valence electrons. The van der Waals surface area contributed by atoms with Gasteiger partial charge in [-0.3, -0.25) is 15.2 Å². The van der Waals surface area contributed by atoms with Crippen molar-refractivity contribution < 1.29 is 14.5 Å². The number of nitro groups is 1. The number of H-pyrrole nitrogens is 1. The van der Waals surface area contributed by atoms with Crippen molar-refractivity contribution in [1.82, 2.24) is 10.2 Å². The Morgan fingerprint density at radius 1 is 1.19 bits per heavy atom. The number of hydrogen-bond acceptors (Lipinski definition) is 5. The van der Waals surface area contributed by atoms with E-state index in [0.717, 1.165) is 0 Å². The lowest BCUT2D eigenvalue weighted by Gasteiger charge is -2.01. The van der Waals surface area contributed by atoms with Crippen LogP contribution in [0.3, 0.4) is 0 Å². The molecule has 0 aliphatic rings. The maximum atomic E-state index is 12.1. The van der Waals surface area contributed by atoms with Crippen LogP contribution in [0.2, 0.25) is 0 Å². The van der Waals surface area contributed by atoms with Gasteiger partial charge < -0.3 is 4.74 Å². The first-order valence-electron chi connectivity index (χ1n) is 6.05. The molecule has 0 saturated heterocycles. The summed E-state index contributed by atoms with van der Waals surface area (Å²) in [6.07, 6.45) is 0. The molecule has 3 rings (SSSR count). The number of nitro benzene ring substituents is 1. The van der Waals surface area contributed by atoms with Crippen molar-refractivity contribution in [1.29, 1.82) is 0 Å². The second-order valence-corrected chi connectivity index (χ2v) is 4.26. The van der Waals surface area contributed by atoms with Gasteiger partial charge in [0.2, 0.25) is 0 Å². The summed E-state index contributed by atoms with van der Waals surface area (Å²) in [4.78, 5) is 22.4. The van der Waals surface area contributed by atoms with Crippen molar-refractivity contribution in [3.05, 3.63) is 64.3 Å². The summed E-state index contributed by atoms with van der Waals surface area (Å²) in [5.41, 5.74) is 0.427.